The summed E-state index contributed by atoms with van der Waals surface area (Å²) < 4.78 is 25.3. The number of likely N-dealkylation sites (N-methyl/N-ethyl adjacent to an activating group) is 1. The van der Waals surface area contributed by atoms with Crippen LogP contribution in [0.1, 0.15) is 56.7 Å². The zero-order valence-electron chi connectivity index (χ0n) is 19.6. The Labute approximate surface area is 185 Å². The first-order valence-corrected chi connectivity index (χ1v) is 11.9. The van der Waals surface area contributed by atoms with Crippen molar-refractivity contribution < 1.29 is 24.1 Å². The van der Waals surface area contributed by atoms with Crippen molar-refractivity contribution in [3.63, 3.8) is 0 Å². The number of likely N-dealkylation sites (tertiary alicyclic amines) is 1. The van der Waals surface area contributed by atoms with E-state index in [1.54, 1.807) is 7.11 Å². The maximum absolute atomic E-state index is 12.2. The zero-order chi connectivity index (χ0) is 22.0. The minimum absolute atomic E-state index is 0.0329. The molecule has 6 heteroatoms. The monoisotopic (exact) mass is 431 g/mol. The summed E-state index contributed by atoms with van der Waals surface area (Å²) >= 11 is 0. The minimum Gasteiger partial charge on any atom is -0.483 e. The molecule has 3 aliphatic heterocycles. The Morgan fingerprint density at radius 1 is 1.32 bits per heavy atom. The summed E-state index contributed by atoms with van der Waals surface area (Å²) in [5, 5.41) is 12.2. The summed E-state index contributed by atoms with van der Waals surface area (Å²) in [6, 6.07) is 4.46. The lowest BCUT2D eigenvalue weighted by atomic mass is 9.52. The van der Waals surface area contributed by atoms with Crippen molar-refractivity contribution in [1.82, 2.24) is 4.90 Å². The van der Waals surface area contributed by atoms with Crippen LogP contribution >= 0.6 is 0 Å². The number of piperidine rings is 1. The van der Waals surface area contributed by atoms with E-state index in [1.165, 1.54) is 11.1 Å². The van der Waals surface area contributed by atoms with Crippen LogP contribution in [0.5, 0.6) is 5.75 Å². The summed E-state index contributed by atoms with van der Waals surface area (Å²) in [6.07, 6.45) is 3.68. The van der Waals surface area contributed by atoms with Gasteiger partial charge in [0.25, 0.3) is 0 Å². The van der Waals surface area contributed by atoms with Crippen molar-refractivity contribution in [3.05, 3.63) is 28.8 Å². The molecule has 5 rings (SSSR count). The van der Waals surface area contributed by atoms with Crippen LogP contribution in [0.15, 0.2) is 12.1 Å². The first-order chi connectivity index (χ1) is 14.8. The topological polar surface area (TPSA) is 60.4 Å². The fourth-order valence-corrected chi connectivity index (χ4v) is 6.85. The molecule has 0 aromatic heterocycles. The number of hydrogen-bond donors (Lipinski definition) is 1. The fourth-order valence-electron chi connectivity index (χ4n) is 6.85. The van der Waals surface area contributed by atoms with Crippen molar-refractivity contribution in [1.29, 1.82) is 0 Å². The van der Waals surface area contributed by atoms with Crippen molar-refractivity contribution in [2.45, 2.75) is 87.9 Å². The molecule has 6 unspecified atom stereocenters. The number of aliphatic hydroxyl groups is 1. The normalized spacial score (nSPS) is 41.7. The van der Waals surface area contributed by atoms with Gasteiger partial charge in [-0.1, -0.05) is 19.1 Å². The van der Waals surface area contributed by atoms with Gasteiger partial charge in [0.15, 0.2) is 6.10 Å². The predicted molar refractivity (Wildman–Crippen MR) is 118 cm³/mol. The van der Waals surface area contributed by atoms with Crippen LogP contribution in [-0.2, 0) is 32.5 Å². The van der Waals surface area contributed by atoms with Crippen molar-refractivity contribution >= 4 is 0 Å². The Bertz CT molecular complexity index is 857. The summed E-state index contributed by atoms with van der Waals surface area (Å²) in [7, 11) is 3.85. The molecule has 0 saturated carbocycles. The van der Waals surface area contributed by atoms with Gasteiger partial charge in [-0.15, -0.1) is 0 Å². The van der Waals surface area contributed by atoms with Gasteiger partial charge in [0.05, 0.1) is 30.3 Å². The number of methoxy groups -OCH3 is 1. The number of fused-ring (bicyclic) bond motifs is 1. The second-order valence-corrected chi connectivity index (χ2v) is 10.1. The van der Waals surface area contributed by atoms with Crippen LogP contribution in [0.3, 0.4) is 0 Å². The first-order valence-electron chi connectivity index (χ1n) is 11.9. The molecule has 172 valence electrons. The molecule has 31 heavy (non-hydrogen) atoms. The highest BCUT2D eigenvalue weighted by molar-refractivity contribution is 5.60. The third-order valence-corrected chi connectivity index (χ3v) is 8.55. The lowest BCUT2D eigenvalue weighted by Crippen LogP contribution is -2.75. The standard InChI is InChI=1S/C25H37NO5/c1-6-25(29-14-9-16(2)31-25)22-24-11-12-26(4)19(23(24,3)27)15-18-8-7-17(10-13-28-5)21(30-22)20(18)24/h7-8,16,19,22,27H,6,9-15H2,1-5H3. The van der Waals surface area contributed by atoms with Gasteiger partial charge >= 0.3 is 0 Å². The fraction of sp³-hybridized carbons (Fsp3) is 0.760. The molecule has 1 aromatic carbocycles. The first kappa shape index (κ1) is 21.7. The third kappa shape index (κ3) is 2.81. The van der Waals surface area contributed by atoms with Crippen molar-refractivity contribution in [3.8, 4) is 5.75 Å². The molecular formula is C25H37NO5. The van der Waals surface area contributed by atoms with Gasteiger partial charge in [-0.2, -0.15) is 0 Å². The van der Waals surface area contributed by atoms with Gasteiger partial charge in [-0.3, -0.25) is 0 Å². The lowest BCUT2D eigenvalue weighted by molar-refractivity contribution is -0.341. The highest BCUT2D eigenvalue weighted by Crippen LogP contribution is 2.63. The van der Waals surface area contributed by atoms with Gasteiger partial charge in [0.1, 0.15) is 5.75 Å². The molecule has 1 aromatic rings. The van der Waals surface area contributed by atoms with Crippen molar-refractivity contribution in [2.24, 2.45) is 0 Å². The Balaban J connectivity index is 1.72. The molecule has 6 atom stereocenters. The van der Waals surface area contributed by atoms with E-state index in [-0.39, 0.29) is 12.1 Å². The van der Waals surface area contributed by atoms with Crippen LogP contribution in [0.2, 0.25) is 0 Å². The summed E-state index contributed by atoms with van der Waals surface area (Å²) in [5.74, 6) is 0.0648. The second-order valence-electron chi connectivity index (χ2n) is 10.1. The molecule has 2 bridgehead atoms. The van der Waals surface area contributed by atoms with Gasteiger partial charge in [-0.05, 0) is 64.3 Å². The number of rotatable bonds is 5. The van der Waals surface area contributed by atoms with Gasteiger partial charge < -0.3 is 29.0 Å². The second kappa shape index (κ2) is 7.42. The van der Waals surface area contributed by atoms with Crippen molar-refractivity contribution in [2.75, 3.05) is 33.9 Å². The molecule has 6 nitrogen and oxygen atoms in total. The molecule has 0 amide bonds. The molecule has 1 N–H and O–H groups in total. The minimum atomic E-state index is -0.960. The van der Waals surface area contributed by atoms with E-state index in [0.717, 1.165) is 43.5 Å². The van der Waals surface area contributed by atoms with E-state index in [4.69, 9.17) is 18.9 Å². The van der Waals surface area contributed by atoms with E-state index < -0.39 is 22.9 Å². The van der Waals surface area contributed by atoms with E-state index >= 15 is 0 Å². The average Bonchev–Trinajstić information content (AvgIpc) is 3.10. The maximum Gasteiger partial charge on any atom is 0.206 e. The number of nitrogens with zero attached hydrogens (tertiary/aromatic N) is 1. The van der Waals surface area contributed by atoms with Gasteiger partial charge in [0, 0.05) is 25.1 Å². The largest absolute Gasteiger partial charge is 0.483 e. The molecule has 4 aliphatic rings. The Morgan fingerprint density at radius 2 is 2.13 bits per heavy atom. The summed E-state index contributed by atoms with van der Waals surface area (Å²) in [6.45, 7) is 8.43. The Morgan fingerprint density at radius 3 is 2.84 bits per heavy atom. The SMILES string of the molecule is CCC1(C2Oc3c(CCOC)ccc4c3C23CCN(C)C(C4)C3(C)O)OCCC(C)O1. The van der Waals surface area contributed by atoms with Crippen LogP contribution in [-0.4, -0.2) is 73.6 Å². The van der Waals surface area contributed by atoms with Gasteiger partial charge in [0.2, 0.25) is 5.79 Å². The van der Waals surface area contributed by atoms with Crippen LogP contribution in [0, 0.1) is 0 Å². The molecule has 2 fully saturated rings. The lowest BCUT2D eigenvalue weighted by Gasteiger charge is -2.61. The highest BCUT2D eigenvalue weighted by atomic mass is 16.7. The van der Waals surface area contributed by atoms with E-state index in [1.807, 2.05) is 6.92 Å². The molecule has 1 aliphatic carbocycles. The predicted octanol–water partition coefficient (Wildman–Crippen LogP) is 2.82. The number of benzene rings is 1. The van der Waals surface area contributed by atoms with Crippen LogP contribution in [0.25, 0.3) is 0 Å². The van der Waals surface area contributed by atoms with E-state index in [0.29, 0.717) is 19.6 Å². The maximum atomic E-state index is 12.2. The number of hydrogen-bond acceptors (Lipinski definition) is 6. The molecule has 3 heterocycles. The highest BCUT2D eigenvalue weighted by Gasteiger charge is 2.72. The average molecular weight is 432 g/mol. The molecule has 2 saturated heterocycles. The molecule has 0 radical (unpaired) electrons. The Kier molecular flexibility index (Phi) is 5.18. The number of ether oxygens (including phenoxy) is 4. The molecular weight excluding hydrogens is 394 g/mol. The zero-order valence-corrected chi connectivity index (χ0v) is 19.6. The summed E-state index contributed by atoms with van der Waals surface area (Å²) in [5.41, 5.74) is 2.10. The smallest absolute Gasteiger partial charge is 0.206 e. The third-order valence-electron chi connectivity index (χ3n) is 8.55. The summed E-state index contributed by atoms with van der Waals surface area (Å²) in [4.78, 5) is 2.31. The Hall–Kier alpha value is -1.18. The van der Waals surface area contributed by atoms with Crippen LogP contribution < -0.4 is 4.74 Å². The van der Waals surface area contributed by atoms with E-state index in [9.17, 15) is 5.11 Å². The van der Waals surface area contributed by atoms with Gasteiger partial charge in [-0.25, -0.2) is 0 Å². The molecule has 1 spiro atoms. The van der Waals surface area contributed by atoms with Crippen LogP contribution in [0.4, 0.5) is 0 Å². The van der Waals surface area contributed by atoms with E-state index in [2.05, 4.69) is 37.9 Å². The quantitative estimate of drug-likeness (QED) is 0.774.